The first-order valence-corrected chi connectivity index (χ1v) is 10.2. The van der Waals surface area contributed by atoms with Gasteiger partial charge in [0.05, 0.1) is 22.9 Å². The number of nitrogens with zero attached hydrogens (tertiary/aromatic N) is 2. The molecule has 7 nitrogen and oxygen atoms in total. The lowest BCUT2D eigenvalue weighted by Crippen LogP contribution is -2.22. The Morgan fingerprint density at radius 1 is 1.20 bits per heavy atom. The largest absolute Gasteiger partial charge is 0.493 e. The van der Waals surface area contributed by atoms with Gasteiger partial charge in [-0.05, 0) is 35.9 Å². The average Bonchev–Trinajstić information content (AvgIpc) is 2.99. The molecule has 1 amide bonds. The molecule has 0 spiro atoms. The summed E-state index contributed by atoms with van der Waals surface area (Å²) in [6.45, 7) is 0.0737. The second-order valence-corrected chi connectivity index (χ2v) is 8.15. The van der Waals surface area contributed by atoms with E-state index >= 15 is 0 Å². The third-order valence-corrected chi connectivity index (χ3v) is 5.98. The fraction of sp³-hybridized carbons (Fsp3) is 0.143. The third kappa shape index (κ3) is 3.94. The molecule has 0 atom stereocenters. The predicted octanol–water partition coefficient (Wildman–Crippen LogP) is 3.34. The van der Waals surface area contributed by atoms with Crippen LogP contribution in [0.25, 0.3) is 17.0 Å². The van der Waals surface area contributed by atoms with Crippen LogP contribution in [0, 0.1) is 0 Å². The summed E-state index contributed by atoms with van der Waals surface area (Å²) in [7, 11) is 3.19. The standard InChI is InChI=1S/C21H17N3O4S2/c1-24-20(26)17(30-21(24)29)10-12-7-8-15(16(9-12)27-2)28-11-18-22-14-6-4-3-5-13(14)19(25)23-18/h3-10H,11H2,1-2H3,(H,22,23,25)/b17-10+. The Kier molecular flexibility index (Phi) is 5.56. The van der Waals surface area contributed by atoms with Gasteiger partial charge < -0.3 is 14.5 Å². The smallest absolute Gasteiger partial charge is 0.265 e. The van der Waals surface area contributed by atoms with E-state index in [9.17, 15) is 9.59 Å². The number of amides is 1. The van der Waals surface area contributed by atoms with Crippen molar-refractivity contribution >= 4 is 51.2 Å². The Hall–Kier alpha value is -3.17. The zero-order chi connectivity index (χ0) is 21.3. The number of carbonyl (C=O) groups is 1. The summed E-state index contributed by atoms with van der Waals surface area (Å²) in [6.07, 6.45) is 1.76. The maximum atomic E-state index is 12.2. The van der Waals surface area contributed by atoms with Gasteiger partial charge in [0, 0.05) is 7.05 Å². The Balaban J connectivity index is 1.55. The van der Waals surface area contributed by atoms with Crippen molar-refractivity contribution in [2.75, 3.05) is 14.2 Å². The molecule has 1 aliphatic rings. The zero-order valence-electron chi connectivity index (χ0n) is 16.2. The number of para-hydroxylation sites is 1. The number of aromatic amines is 1. The number of hydrogen-bond donors (Lipinski definition) is 1. The maximum Gasteiger partial charge on any atom is 0.265 e. The number of likely N-dealkylation sites (N-methyl/N-ethyl adjacent to an activating group) is 1. The molecule has 152 valence electrons. The minimum Gasteiger partial charge on any atom is -0.493 e. The van der Waals surface area contributed by atoms with E-state index in [-0.39, 0.29) is 18.1 Å². The molecule has 4 rings (SSSR count). The Labute approximate surface area is 181 Å². The van der Waals surface area contributed by atoms with Crippen molar-refractivity contribution in [3.63, 3.8) is 0 Å². The van der Waals surface area contributed by atoms with Crippen LogP contribution in [0.4, 0.5) is 0 Å². The van der Waals surface area contributed by atoms with E-state index < -0.39 is 0 Å². The molecular formula is C21H17N3O4S2. The summed E-state index contributed by atoms with van der Waals surface area (Å²) in [4.78, 5) is 33.5. The molecule has 1 saturated heterocycles. The van der Waals surface area contributed by atoms with Crippen molar-refractivity contribution in [2.45, 2.75) is 6.61 Å². The highest BCUT2D eigenvalue weighted by Crippen LogP contribution is 2.34. The van der Waals surface area contributed by atoms with Gasteiger partial charge in [0.25, 0.3) is 11.5 Å². The van der Waals surface area contributed by atoms with Crippen molar-refractivity contribution in [3.8, 4) is 11.5 Å². The van der Waals surface area contributed by atoms with E-state index in [4.69, 9.17) is 21.7 Å². The Morgan fingerprint density at radius 2 is 2.00 bits per heavy atom. The van der Waals surface area contributed by atoms with Crippen molar-refractivity contribution in [2.24, 2.45) is 0 Å². The minimum atomic E-state index is -0.213. The minimum absolute atomic E-state index is 0.0737. The first kappa shape index (κ1) is 20.1. The molecule has 0 unspecified atom stereocenters. The van der Waals surface area contributed by atoms with Gasteiger partial charge in [-0.2, -0.15) is 0 Å². The molecule has 3 aromatic rings. The van der Waals surface area contributed by atoms with Crippen molar-refractivity contribution < 1.29 is 14.3 Å². The molecule has 1 N–H and O–H groups in total. The number of methoxy groups -OCH3 is 1. The molecular weight excluding hydrogens is 422 g/mol. The maximum absolute atomic E-state index is 12.2. The molecule has 0 bridgehead atoms. The lowest BCUT2D eigenvalue weighted by Gasteiger charge is -2.11. The molecule has 0 saturated carbocycles. The highest BCUT2D eigenvalue weighted by atomic mass is 32.2. The lowest BCUT2D eigenvalue weighted by atomic mass is 10.2. The summed E-state index contributed by atoms with van der Waals surface area (Å²) in [5, 5.41) is 0.528. The second-order valence-electron chi connectivity index (χ2n) is 6.47. The number of benzene rings is 2. The number of nitrogens with one attached hydrogen (secondary N) is 1. The molecule has 1 aromatic heterocycles. The van der Waals surface area contributed by atoms with E-state index in [1.165, 1.54) is 23.8 Å². The van der Waals surface area contributed by atoms with Gasteiger partial charge in [-0.25, -0.2) is 4.98 Å². The van der Waals surface area contributed by atoms with Gasteiger partial charge in [-0.1, -0.05) is 42.2 Å². The lowest BCUT2D eigenvalue weighted by molar-refractivity contribution is -0.121. The van der Waals surface area contributed by atoms with E-state index in [2.05, 4.69) is 9.97 Å². The SMILES string of the molecule is COc1cc(/C=C2/SC(=S)N(C)C2=O)ccc1OCc1nc2ccccc2c(=O)[nH]1. The van der Waals surface area contributed by atoms with Crippen LogP contribution in [0.15, 0.2) is 52.2 Å². The quantitative estimate of drug-likeness (QED) is 0.482. The van der Waals surface area contributed by atoms with Crippen LogP contribution in [0.1, 0.15) is 11.4 Å². The Bertz CT molecular complexity index is 1250. The van der Waals surface area contributed by atoms with Gasteiger partial charge in [0.15, 0.2) is 11.5 Å². The first-order chi connectivity index (χ1) is 14.5. The van der Waals surface area contributed by atoms with Crippen LogP contribution in [-0.2, 0) is 11.4 Å². The van der Waals surface area contributed by atoms with Gasteiger partial charge in [0.1, 0.15) is 16.8 Å². The number of carbonyl (C=O) groups excluding carboxylic acids is 1. The number of hydrogen-bond acceptors (Lipinski definition) is 7. The summed E-state index contributed by atoms with van der Waals surface area (Å²) in [5.41, 5.74) is 1.18. The van der Waals surface area contributed by atoms with Crippen LogP contribution in [0.2, 0.25) is 0 Å². The van der Waals surface area contributed by atoms with Gasteiger partial charge >= 0.3 is 0 Å². The van der Waals surface area contributed by atoms with Gasteiger partial charge in [-0.15, -0.1) is 0 Å². The monoisotopic (exact) mass is 439 g/mol. The number of fused-ring (bicyclic) bond motifs is 1. The second kappa shape index (κ2) is 8.29. The summed E-state index contributed by atoms with van der Waals surface area (Å²) in [5.74, 6) is 1.28. The van der Waals surface area contributed by atoms with Crippen LogP contribution < -0.4 is 15.0 Å². The number of rotatable bonds is 5. The highest BCUT2D eigenvalue weighted by Gasteiger charge is 2.28. The summed E-state index contributed by atoms with van der Waals surface area (Å²) in [6, 6.07) is 12.5. The molecule has 1 aliphatic heterocycles. The number of H-pyrrole nitrogens is 1. The van der Waals surface area contributed by atoms with Crippen LogP contribution in [-0.4, -0.2) is 39.3 Å². The predicted molar refractivity (Wildman–Crippen MR) is 121 cm³/mol. The van der Waals surface area contributed by atoms with Crippen LogP contribution in [0.3, 0.4) is 0 Å². The van der Waals surface area contributed by atoms with Gasteiger partial charge in [-0.3, -0.25) is 14.5 Å². The van der Waals surface area contributed by atoms with Crippen LogP contribution >= 0.6 is 24.0 Å². The molecule has 0 aliphatic carbocycles. The molecule has 0 radical (unpaired) electrons. The topological polar surface area (TPSA) is 84.5 Å². The third-order valence-electron chi connectivity index (χ3n) is 4.50. The van der Waals surface area contributed by atoms with Gasteiger partial charge in [0.2, 0.25) is 0 Å². The Morgan fingerprint density at radius 3 is 2.73 bits per heavy atom. The number of thioether (sulfide) groups is 1. The number of aromatic nitrogens is 2. The average molecular weight is 440 g/mol. The molecule has 30 heavy (non-hydrogen) atoms. The highest BCUT2D eigenvalue weighted by molar-refractivity contribution is 8.26. The van der Waals surface area contributed by atoms with E-state index in [1.807, 2.05) is 12.1 Å². The molecule has 2 heterocycles. The molecule has 9 heteroatoms. The normalized spacial score (nSPS) is 15.3. The van der Waals surface area contributed by atoms with Crippen molar-refractivity contribution in [1.82, 2.24) is 14.9 Å². The molecule has 1 fully saturated rings. The summed E-state index contributed by atoms with van der Waals surface area (Å²) < 4.78 is 11.8. The van der Waals surface area contributed by atoms with Crippen LogP contribution in [0.5, 0.6) is 11.5 Å². The number of thiocarbonyl (C=S) groups is 1. The molecule has 2 aromatic carbocycles. The fourth-order valence-electron chi connectivity index (χ4n) is 2.94. The van der Waals surface area contributed by atoms with E-state index in [0.717, 1.165) is 5.56 Å². The van der Waals surface area contributed by atoms with E-state index in [0.29, 0.717) is 37.5 Å². The summed E-state index contributed by atoms with van der Waals surface area (Å²) >= 11 is 6.41. The fourth-order valence-corrected chi connectivity index (χ4v) is 4.12. The van der Waals surface area contributed by atoms with E-state index in [1.54, 1.807) is 43.5 Å². The van der Waals surface area contributed by atoms with Crippen molar-refractivity contribution in [1.29, 1.82) is 0 Å². The number of ether oxygens (including phenoxy) is 2. The van der Waals surface area contributed by atoms with Crippen molar-refractivity contribution in [3.05, 3.63) is 69.1 Å². The first-order valence-electron chi connectivity index (χ1n) is 8.96. The zero-order valence-corrected chi connectivity index (χ0v) is 17.8.